The molecule has 1 aliphatic rings. The van der Waals surface area contributed by atoms with E-state index in [1.165, 1.54) is 12.8 Å². The number of aromatic nitrogens is 1. The molecule has 0 spiro atoms. The quantitative estimate of drug-likeness (QED) is 0.775. The number of hydrogen-bond acceptors (Lipinski definition) is 2. The highest BCUT2D eigenvalue weighted by Crippen LogP contribution is 2.30. The Morgan fingerprint density at radius 1 is 1.41 bits per heavy atom. The van der Waals surface area contributed by atoms with E-state index in [4.69, 9.17) is 34.8 Å². The fourth-order valence-electron chi connectivity index (χ4n) is 2.29. The van der Waals surface area contributed by atoms with Crippen LogP contribution in [0.2, 0.25) is 10.0 Å². The van der Waals surface area contributed by atoms with Crippen molar-refractivity contribution in [2.45, 2.75) is 19.3 Å². The molecule has 0 saturated carbocycles. The van der Waals surface area contributed by atoms with Gasteiger partial charge in [-0.15, -0.1) is 11.6 Å². The molecule has 1 saturated heterocycles. The minimum Gasteiger partial charge on any atom is -0.355 e. The summed E-state index contributed by atoms with van der Waals surface area (Å²) in [6.07, 6.45) is 5.12. The first-order valence-electron chi connectivity index (χ1n) is 5.82. The van der Waals surface area contributed by atoms with Gasteiger partial charge in [0.25, 0.3) is 0 Å². The molecule has 0 amide bonds. The van der Waals surface area contributed by atoms with Gasteiger partial charge in [0.15, 0.2) is 0 Å². The summed E-state index contributed by atoms with van der Waals surface area (Å²) in [4.78, 5) is 6.56. The van der Waals surface area contributed by atoms with Crippen molar-refractivity contribution in [3.05, 3.63) is 22.3 Å². The van der Waals surface area contributed by atoms with Crippen LogP contribution in [0.15, 0.2) is 12.3 Å². The Bertz CT molecular complexity index is 382. The van der Waals surface area contributed by atoms with Crippen molar-refractivity contribution in [1.29, 1.82) is 0 Å². The van der Waals surface area contributed by atoms with Crippen LogP contribution in [0, 0.1) is 5.92 Å². The summed E-state index contributed by atoms with van der Waals surface area (Å²) in [7, 11) is 0. The Kier molecular flexibility index (Phi) is 4.78. The summed E-state index contributed by atoms with van der Waals surface area (Å²) in [5.74, 6) is 2.21. The average molecular weight is 294 g/mol. The summed E-state index contributed by atoms with van der Waals surface area (Å²) in [6, 6.07) is 1.75. The minimum atomic E-state index is 0.577. The Morgan fingerprint density at radius 2 is 2.24 bits per heavy atom. The maximum Gasteiger partial charge on any atom is 0.147 e. The highest BCUT2D eigenvalue weighted by atomic mass is 35.5. The first-order chi connectivity index (χ1) is 8.20. The Labute approximate surface area is 117 Å². The third-order valence-electron chi connectivity index (χ3n) is 3.12. The Balaban J connectivity index is 2.10. The van der Waals surface area contributed by atoms with Crippen LogP contribution >= 0.6 is 34.8 Å². The van der Waals surface area contributed by atoms with Gasteiger partial charge in [-0.2, -0.15) is 0 Å². The van der Waals surface area contributed by atoms with Gasteiger partial charge in [-0.25, -0.2) is 4.98 Å². The summed E-state index contributed by atoms with van der Waals surface area (Å²) in [6.45, 7) is 1.99. The molecule has 2 nitrogen and oxygen atoms in total. The number of alkyl halides is 1. The van der Waals surface area contributed by atoms with Crippen LogP contribution in [0.3, 0.4) is 0 Å². The lowest BCUT2D eigenvalue weighted by Crippen LogP contribution is -2.36. The van der Waals surface area contributed by atoms with Gasteiger partial charge in [0.2, 0.25) is 0 Å². The minimum absolute atomic E-state index is 0.577. The second-order valence-electron chi connectivity index (χ2n) is 4.39. The zero-order chi connectivity index (χ0) is 12.3. The van der Waals surface area contributed by atoms with Gasteiger partial charge in [-0.3, -0.25) is 0 Å². The zero-order valence-corrected chi connectivity index (χ0v) is 11.8. The standard InChI is InChI=1S/C12H15Cl3N2/c13-4-3-9-2-1-5-17(8-9)12-11(15)6-10(14)7-16-12/h6-7,9H,1-5,8H2. The molecular weight excluding hydrogens is 279 g/mol. The molecule has 1 aromatic rings. The van der Waals surface area contributed by atoms with E-state index in [0.29, 0.717) is 16.0 Å². The SMILES string of the molecule is ClCCC1CCCN(c2ncc(Cl)cc2Cl)C1. The second kappa shape index (κ2) is 6.12. The van der Waals surface area contributed by atoms with Crippen molar-refractivity contribution in [2.24, 2.45) is 5.92 Å². The molecule has 0 N–H and O–H groups in total. The highest BCUT2D eigenvalue weighted by molar-refractivity contribution is 6.36. The van der Waals surface area contributed by atoms with Gasteiger partial charge in [0, 0.05) is 25.2 Å². The van der Waals surface area contributed by atoms with Crippen molar-refractivity contribution in [3.8, 4) is 0 Å². The molecule has 0 bridgehead atoms. The van der Waals surface area contributed by atoms with Gasteiger partial charge in [-0.05, 0) is 31.2 Å². The summed E-state index contributed by atoms with van der Waals surface area (Å²) in [5, 5.41) is 1.21. The molecule has 5 heteroatoms. The number of hydrogen-bond donors (Lipinski definition) is 0. The molecule has 1 fully saturated rings. The van der Waals surface area contributed by atoms with Crippen LogP contribution in [-0.4, -0.2) is 24.0 Å². The Morgan fingerprint density at radius 3 is 2.94 bits per heavy atom. The number of piperidine rings is 1. The molecule has 1 aromatic heterocycles. The van der Waals surface area contributed by atoms with Crippen molar-refractivity contribution < 1.29 is 0 Å². The predicted octanol–water partition coefficient (Wildman–Crippen LogP) is 4.23. The smallest absolute Gasteiger partial charge is 0.147 e. The number of nitrogens with zero attached hydrogens (tertiary/aromatic N) is 2. The van der Waals surface area contributed by atoms with E-state index in [9.17, 15) is 0 Å². The van der Waals surface area contributed by atoms with Crippen LogP contribution < -0.4 is 4.90 Å². The van der Waals surface area contributed by atoms with E-state index < -0.39 is 0 Å². The molecule has 1 aliphatic heterocycles. The maximum absolute atomic E-state index is 6.17. The van der Waals surface area contributed by atoms with E-state index in [1.807, 2.05) is 0 Å². The maximum atomic E-state index is 6.17. The lowest BCUT2D eigenvalue weighted by atomic mass is 9.95. The number of pyridine rings is 1. The van der Waals surface area contributed by atoms with Gasteiger partial charge >= 0.3 is 0 Å². The third-order valence-corrected chi connectivity index (χ3v) is 3.83. The molecular formula is C12H15Cl3N2. The number of anilines is 1. The highest BCUT2D eigenvalue weighted by Gasteiger charge is 2.22. The van der Waals surface area contributed by atoms with E-state index in [2.05, 4.69) is 9.88 Å². The van der Waals surface area contributed by atoms with E-state index in [-0.39, 0.29) is 0 Å². The summed E-state index contributed by atoms with van der Waals surface area (Å²) in [5.41, 5.74) is 0. The molecule has 0 radical (unpaired) electrons. The third kappa shape index (κ3) is 3.40. The van der Waals surface area contributed by atoms with Gasteiger partial charge in [-0.1, -0.05) is 23.2 Å². The molecule has 2 rings (SSSR count). The topological polar surface area (TPSA) is 16.1 Å². The number of halogens is 3. The fraction of sp³-hybridized carbons (Fsp3) is 0.583. The van der Waals surface area contributed by atoms with Crippen LogP contribution in [0.4, 0.5) is 5.82 Å². The predicted molar refractivity (Wildman–Crippen MR) is 74.5 cm³/mol. The average Bonchev–Trinajstić information content (AvgIpc) is 2.29. The van der Waals surface area contributed by atoms with E-state index in [1.54, 1.807) is 12.3 Å². The molecule has 2 heterocycles. The van der Waals surface area contributed by atoms with Crippen LogP contribution in [0.5, 0.6) is 0 Å². The van der Waals surface area contributed by atoms with Gasteiger partial charge in [0.1, 0.15) is 5.82 Å². The van der Waals surface area contributed by atoms with Gasteiger partial charge < -0.3 is 4.90 Å². The van der Waals surface area contributed by atoms with E-state index in [0.717, 1.165) is 31.2 Å². The molecule has 1 unspecified atom stereocenters. The molecule has 1 atom stereocenters. The monoisotopic (exact) mass is 292 g/mol. The van der Waals surface area contributed by atoms with Gasteiger partial charge in [0.05, 0.1) is 10.0 Å². The lowest BCUT2D eigenvalue weighted by molar-refractivity contribution is 0.404. The van der Waals surface area contributed by atoms with Crippen LogP contribution in [0.1, 0.15) is 19.3 Å². The molecule has 17 heavy (non-hydrogen) atoms. The lowest BCUT2D eigenvalue weighted by Gasteiger charge is -2.33. The number of rotatable bonds is 3. The summed E-state index contributed by atoms with van der Waals surface area (Å²) < 4.78 is 0. The molecule has 94 valence electrons. The van der Waals surface area contributed by atoms with Crippen molar-refractivity contribution >= 4 is 40.6 Å². The first kappa shape index (κ1) is 13.3. The summed E-state index contributed by atoms with van der Waals surface area (Å²) >= 11 is 17.8. The molecule has 0 aliphatic carbocycles. The fourth-order valence-corrected chi connectivity index (χ4v) is 3.10. The largest absolute Gasteiger partial charge is 0.355 e. The first-order valence-corrected chi connectivity index (χ1v) is 7.11. The normalized spacial score (nSPS) is 20.6. The van der Waals surface area contributed by atoms with E-state index >= 15 is 0 Å². The van der Waals surface area contributed by atoms with Crippen LogP contribution in [0.25, 0.3) is 0 Å². The molecule has 0 aromatic carbocycles. The van der Waals surface area contributed by atoms with Crippen molar-refractivity contribution in [2.75, 3.05) is 23.9 Å². The zero-order valence-electron chi connectivity index (χ0n) is 9.50. The van der Waals surface area contributed by atoms with Crippen molar-refractivity contribution in [1.82, 2.24) is 4.98 Å². The van der Waals surface area contributed by atoms with Crippen LogP contribution in [-0.2, 0) is 0 Å². The van der Waals surface area contributed by atoms with Crippen molar-refractivity contribution in [3.63, 3.8) is 0 Å². The second-order valence-corrected chi connectivity index (χ2v) is 5.61. The Hall–Kier alpha value is -0.180.